The van der Waals surface area contributed by atoms with Gasteiger partial charge in [0.2, 0.25) is 0 Å². The van der Waals surface area contributed by atoms with E-state index in [0.717, 1.165) is 28.7 Å². The van der Waals surface area contributed by atoms with Gasteiger partial charge in [0.05, 0.1) is 17.8 Å². The van der Waals surface area contributed by atoms with Crippen LogP contribution in [-0.4, -0.2) is 29.7 Å². The summed E-state index contributed by atoms with van der Waals surface area (Å²) in [4.78, 5) is 2.52. The molecule has 3 saturated heterocycles. The summed E-state index contributed by atoms with van der Waals surface area (Å²) >= 11 is 12.7. The highest BCUT2D eigenvalue weighted by atomic mass is 35.5. The van der Waals surface area contributed by atoms with Gasteiger partial charge in [-0.25, -0.2) is 0 Å². The van der Waals surface area contributed by atoms with Crippen molar-refractivity contribution in [3.8, 4) is 0 Å². The van der Waals surface area contributed by atoms with E-state index in [-0.39, 0.29) is 6.04 Å². The van der Waals surface area contributed by atoms with Crippen LogP contribution < -0.4 is 5.43 Å². The molecule has 1 aromatic rings. The maximum Gasteiger partial charge on any atom is 0.0928 e. The highest BCUT2D eigenvalue weighted by Gasteiger charge is 2.47. The molecule has 0 radical (unpaired) electrons. The molecular weight excluding hydrogens is 281 g/mol. The average Bonchev–Trinajstić information content (AvgIpc) is 2.87. The molecule has 2 unspecified atom stereocenters. The van der Waals surface area contributed by atoms with Crippen LogP contribution in [0.4, 0.5) is 0 Å². The number of nitrogens with one attached hydrogen (secondary N) is 1. The molecule has 3 fully saturated rings. The smallest absolute Gasteiger partial charge is 0.0928 e. The van der Waals surface area contributed by atoms with Gasteiger partial charge < -0.3 is 5.43 Å². The predicted octanol–water partition coefficient (Wildman–Crippen LogP) is 3.09. The number of hydrogen-bond donors (Lipinski definition) is 1. The number of benzene rings is 1. The van der Waals surface area contributed by atoms with E-state index >= 15 is 0 Å². The van der Waals surface area contributed by atoms with E-state index in [4.69, 9.17) is 23.2 Å². The van der Waals surface area contributed by atoms with Gasteiger partial charge in [-0.3, -0.25) is 4.90 Å². The van der Waals surface area contributed by atoms with Crippen LogP contribution >= 0.6 is 23.2 Å². The van der Waals surface area contributed by atoms with Gasteiger partial charge in [0.1, 0.15) is 0 Å². The molecule has 4 heterocycles. The number of piperidine rings is 3. The van der Waals surface area contributed by atoms with E-state index in [1.54, 1.807) is 0 Å². The van der Waals surface area contributed by atoms with Crippen LogP contribution in [0.2, 0.25) is 10.0 Å². The van der Waals surface area contributed by atoms with Crippen LogP contribution in [0.3, 0.4) is 0 Å². The number of fused-ring (bicyclic) bond motifs is 2. The number of rotatable bonds is 1. The van der Waals surface area contributed by atoms with Crippen molar-refractivity contribution in [2.75, 3.05) is 13.1 Å². The molecule has 3 nitrogen and oxygen atoms in total. The zero-order valence-electron chi connectivity index (χ0n) is 10.4. The Morgan fingerprint density at radius 2 is 1.84 bits per heavy atom. The Kier molecular flexibility index (Phi) is 2.76. The molecule has 19 heavy (non-hydrogen) atoms. The molecule has 0 aromatic heterocycles. The summed E-state index contributed by atoms with van der Waals surface area (Å²) < 4.78 is 0. The normalized spacial score (nSPS) is 35.8. The van der Waals surface area contributed by atoms with Crippen molar-refractivity contribution in [1.29, 1.82) is 0 Å². The Labute approximate surface area is 122 Å². The maximum absolute atomic E-state index is 6.35. The fourth-order valence-corrected chi connectivity index (χ4v) is 4.32. The second-order valence-corrected chi connectivity index (χ2v) is 6.35. The predicted molar refractivity (Wildman–Crippen MR) is 77.9 cm³/mol. The fraction of sp³-hybridized carbons (Fsp3) is 0.500. The lowest BCUT2D eigenvalue weighted by Gasteiger charge is -2.45. The van der Waals surface area contributed by atoms with Crippen molar-refractivity contribution < 1.29 is 0 Å². The summed E-state index contributed by atoms with van der Waals surface area (Å²) in [5.74, 6) is 0.647. The van der Waals surface area contributed by atoms with Crippen LogP contribution in [-0.2, 0) is 0 Å². The number of nitrogens with zero attached hydrogens (tertiary/aromatic N) is 2. The third kappa shape index (κ3) is 1.72. The maximum atomic E-state index is 6.35. The van der Waals surface area contributed by atoms with E-state index in [1.807, 2.05) is 18.2 Å². The first-order chi connectivity index (χ1) is 9.25. The summed E-state index contributed by atoms with van der Waals surface area (Å²) in [6, 6.07) is 6.12. The first-order valence-corrected chi connectivity index (χ1v) is 7.52. The summed E-state index contributed by atoms with van der Waals surface area (Å²) in [7, 11) is 0. The molecule has 5 heteroatoms. The van der Waals surface area contributed by atoms with E-state index in [1.165, 1.54) is 18.6 Å². The van der Waals surface area contributed by atoms with Crippen LogP contribution in [0.25, 0.3) is 0 Å². The van der Waals surface area contributed by atoms with Crippen LogP contribution in [0.15, 0.2) is 23.3 Å². The van der Waals surface area contributed by atoms with Crippen LogP contribution in [0.1, 0.15) is 24.4 Å². The highest BCUT2D eigenvalue weighted by Crippen LogP contribution is 2.42. The summed E-state index contributed by atoms with van der Waals surface area (Å²) in [5, 5.41) is 6.04. The van der Waals surface area contributed by atoms with E-state index in [2.05, 4.69) is 15.4 Å². The second kappa shape index (κ2) is 4.37. The van der Waals surface area contributed by atoms with Gasteiger partial charge in [0.25, 0.3) is 0 Å². The average molecular weight is 296 g/mol. The summed E-state index contributed by atoms with van der Waals surface area (Å²) in [5.41, 5.74) is 5.57. The van der Waals surface area contributed by atoms with Gasteiger partial charge in [0, 0.05) is 21.5 Å². The largest absolute Gasteiger partial charge is 0.300 e. The van der Waals surface area contributed by atoms with Gasteiger partial charge in [-0.1, -0.05) is 29.3 Å². The molecule has 2 atom stereocenters. The minimum absolute atomic E-state index is 0.0966. The SMILES string of the molecule is Clc1cccc(Cl)c1C1NN=C2C3CCN(CC3)C21. The molecule has 1 N–H and O–H groups in total. The van der Waals surface area contributed by atoms with Crippen molar-refractivity contribution in [2.24, 2.45) is 11.0 Å². The molecular formula is C14H15Cl2N3. The van der Waals surface area contributed by atoms with Crippen LogP contribution in [0, 0.1) is 5.92 Å². The lowest BCUT2D eigenvalue weighted by Crippen LogP contribution is -2.56. The van der Waals surface area contributed by atoms with Crippen molar-refractivity contribution in [3.05, 3.63) is 33.8 Å². The molecule has 4 aliphatic heterocycles. The standard InChI is InChI=1S/C14H15Cl2N3/c15-9-2-1-3-10(16)11(9)13-14-12(17-18-13)8-4-6-19(14)7-5-8/h1-3,8,13-14,18H,4-7H2. The minimum Gasteiger partial charge on any atom is -0.300 e. The number of halogens is 2. The van der Waals surface area contributed by atoms with Gasteiger partial charge in [-0.2, -0.15) is 5.10 Å². The second-order valence-electron chi connectivity index (χ2n) is 5.53. The lowest BCUT2D eigenvalue weighted by molar-refractivity contribution is 0.133. The Morgan fingerprint density at radius 1 is 1.16 bits per heavy atom. The Morgan fingerprint density at radius 3 is 2.53 bits per heavy atom. The van der Waals surface area contributed by atoms with Gasteiger partial charge in [0.15, 0.2) is 0 Å². The molecule has 2 bridgehead atoms. The third-order valence-electron chi connectivity index (χ3n) is 4.60. The molecule has 4 aliphatic rings. The Hall–Kier alpha value is -0.770. The van der Waals surface area contributed by atoms with E-state index in [9.17, 15) is 0 Å². The lowest BCUT2D eigenvalue weighted by atomic mass is 9.78. The topological polar surface area (TPSA) is 27.6 Å². The van der Waals surface area contributed by atoms with E-state index < -0.39 is 0 Å². The highest BCUT2D eigenvalue weighted by molar-refractivity contribution is 6.36. The van der Waals surface area contributed by atoms with Crippen molar-refractivity contribution in [2.45, 2.75) is 24.9 Å². The summed E-state index contributed by atoms with van der Waals surface area (Å²) in [6.07, 6.45) is 2.47. The van der Waals surface area contributed by atoms with Crippen molar-refractivity contribution in [3.63, 3.8) is 0 Å². The van der Waals surface area contributed by atoms with Crippen molar-refractivity contribution in [1.82, 2.24) is 10.3 Å². The van der Waals surface area contributed by atoms with Crippen LogP contribution in [0.5, 0.6) is 0 Å². The summed E-state index contributed by atoms with van der Waals surface area (Å²) in [6.45, 7) is 2.32. The molecule has 0 spiro atoms. The molecule has 0 saturated carbocycles. The monoisotopic (exact) mass is 295 g/mol. The number of hydrogen-bond acceptors (Lipinski definition) is 3. The zero-order valence-corrected chi connectivity index (χ0v) is 12.0. The zero-order chi connectivity index (χ0) is 13.0. The Bertz CT molecular complexity index is 529. The fourth-order valence-electron chi connectivity index (χ4n) is 3.69. The van der Waals surface area contributed by atoms with Gasteiger partial charge >= 0.3 is 0 Å². The quantitative estimate of drug-likeness (QED) is 0.862. The minimum atomic E-state index is 0.0966. The van der Waals surface area contributed by atoms with Crippen molar-refractivity contribution >= 4 is 28.9 Å². The van der Waals surface area contributed by atoms with Gasteiger partial charge in [-0.05, 0) is 38.1 Å². The first kappa shape index (κ1) is 12.0. The van der Waals surface area contributed by atoms with Gasteiger partial charge in [-0.15, -0.1) is 0 Å². The molecule has 1 aromatic carbocycles. The Balaban J connectivity index is 1.75. The first-order valence-electron chi connectivity index (χ1n) is 6.76. The molecule has 100 valence electrons. The van der Waals surface area contributed by atoms with E-state index in [0.29, 0.717) is 12.0 Å². The molecule has 5 rings (SSSR count). The molecule has 0 amide bonds. The third-order valence-corrected chi connectivity index (χ3v) is 5.26. The number of hydrazone groups is 1. The molecule has 0 aliphatic carbocycles.